The van der Waals surface area contributed by atoms with E-state index < -0.39 is 17.9 Å². The number of nitrogens with one attached hydrogen (secondary N) is 5. The van der Waals surface area contributed by atoms with Gasteiger partial charge in [0.2, 0.25) is 0 Å². The lowest BCUT2D eigenvalue weighted by molar-refractivity contribution is -0.140. The monoisotopic (exact) mass is 425 g/mol. The SMILES string of the molecule is CC1(C)CC(NC(=O)C(=O)NNC(=O)OC2CC(C)(C)NC(C)(C)C2)CC(C)(C)N1. The summed E-state index contributed by atoms with van der Waals surface area (Å²) in [5.41, 5.74) is 3.65. The van der Waals surface area contributed by atoms with Crippen LogP contribution in [0.4, 0.5) is 4.79 Å². The van der Waals surface area contributed by atoms with Crippen LogP contribution in [0.3, 0.4) is 0 Å². The largest absolute Gasteiger partial charge is 0.445 e. The Morgan fingerprint density at radius 1 is 0.700 bits per heavy atom. The molecular weight excluding hydrogens is 386 g/mol. The lowest BCUT2D eigenvalue weighted by Crippen LogP contribution is -2.63. The first-order chi connectivity index (χ1) is 13.5. The molecule has 2 fully saturated rings. The third-order valence-corrected chi connectivity index (χ3v) is 5.44. The Morgan fingerprint density at radius 3 is 1.60 bits per heavy atom. The number of hydrogen-bond acceptors (Lipinski definition) is 6. The van der Waals surface area contributed by atoms with Crippen LogP contribution in [0.25, 0.3) is 0 Å². The van der Waals surface area contributed by atoms with Crippen LogP contribution in [0.15, 0.2) is 0 Å². The summed E-state index contributed by atoms with van der Waals surface area (Å²) in [6, 6.07) is -0.138. The first-order valence-corrected chi connectivity index (χ1v) is 10.6. The van der Waals surface area contributed by atoms with Gasteiger partial charge < -0.3 is 20.7 Å². The van der Waals surface area contributed by atoms with E-state index in [9.17, 15) is 14.4 Å². The van der Waals surface area contributed by atoms with Gasteiger partial charge in [-0.25, -0.2) is 10.2 Å². The number of carbonyl (C=O) groups is 3. The van der Waals surface area contributed by atoms with Crippen molar-refractivity contribution < 1.29 is 19.1 Å². The van der Waals surface area contributed by atoms with E-state index in [0.717, 1.165) is 0 Å². The molecule has 3 amide bonds. The van der Waals surface area contributed by atoms with E-state index in [1.165, 1.54) is 0 Å². The molecule has 2 heterocycles. The van der Waals surface area contributed by atoms with E-state index in [2.05, 4.69) is 82.2 Å². The van der Waals surface area contributed by atoms with Gasteiger partial charge in [-0.15, -0.1) is 0 Å². The second kappa shape index (κ2) is 8.34. The molecule has 30 heavy (non-hydrogen) atoms. The van der Waals surface area contributed by atoms with Crippen molar-refractivity contribution in [1.82, 2.24) is 26.8 Å². The second-order valence-corrected chi connectivity index (χ2v) is 11.4. The van der Waals surface area contributed by atoms with Crippen molar-refractivity contribution in [3.63, 3.8) is 0 Å². The summed E-state index contributed by atoms with van der Waals surface area (Å²) in [6.07, 6.45) is 1.64. The van der Waals surface area contributed by atoms with E-state index in [0.29, 0.717) is 25.7 Å². The number of piperidine rings is 2. The lowest BCUT2D eigenvalue weighted by Gasteiger charge is -2.46. The Morgan fingerprint density at radius 2 is 1.13 bits per heavy atom. The van der Waals surface area contributed by atoms with Crippen LogP contribution in [0, 0.1) is 0 Å². The van der Waals surface area contributed by atoms with Crippen molar-refractivity contribution in [1.29, 1.82) is 0 Å². The Hall–Kier alpha value is -1.87. The third-order valence-electron chi connectivity index (χ3n) is 5.44. The van der Waals surface area contributed by atoms with Crippen LogP contribution in [0.1, 0.15) is 81.1 Å². The second-order valence-electron chi connectivity index (χ2n) is 11.4. The fourth-order valence-corrected chi connectivity index (χ4v) is 5.33. The zero-order valence-corrected chi connectivity index (χ0v) is 19.6. The van der Waals surface area contributed by atoms with Crippen LogP contribution in [0.5, 0.6) is 0 Å². The molecule has 0 spiro atoms. The molecule has 0 radical (unpaired) electrons. The van der Waals surface area contributed by atoms with Gasteiger partial charge in [0.1, 0.15) is 6.10 Å². The summed E-state index contributed by atoms with van der Waals surface area (Å²) in [7, 11) is 0. The average molecular weight is 426 g/mol. The molecule has 2 rings (SSSR count). The number of amides is 3. The van der Waals surface area contributed by atoms with Crippen LogP contribution < -0.4 is 26.8 Å². The predicted molar refractivity (Wildman–Crippen MR) is 115 cm³/mol. The molecule has 5 N–H and O–H groups in total. The van der Waals surface area contributed by atoms with Gasteiger partial charge in [-0.05, 0) is 68.2 Å². The minimum Gasteiger partial charge on any atom is -0.445 e. The molecule has 0 aromatic carbocycles. The van der Waals surface area contributed by atoms with Crippen LogP contribution >= 0.6 is 0 Å². The highest BCUT2D eigenvalue weighted by Gasteiger charge is 2.40. The van der Waals surface area contributed by atoms with Crippen molar-refractivity contribution in [3.8, 4) is 0 Å². The van der Waals surface area contributed by atoms with E-state index >= 15 is 0 Å². The van der Waals surface area contributed by atoms with Gasteiger partial charge in [-0.1, -0.05) is 0 Å². The first-order valence-electron chi connectivity index (χ1n) is 10.6. The Labute approximate surface area is 179 Å². The highest BCUT2D eigenvalue weighted by atomic mass is 16.6. The number of hydrazine groups is 1. The van der Waals surface area contributed by atoms with E-state index in [1.807, 2.05) is 0 Å². The van der Waals surface area contributed by atoms with Gasteiger partial charge in [-0.2, -0.15) is 0 Å². The average Bonchev–Trinajstić information content (AvgIpc) is 2.45. The van der Waals surface area contributed by atoms with Gasteiger partial charge in [0.25, 0.3) is 0 Å². The van der Waals surface area contributed by atoms with Crippen molar-refractivity contribution in [2.45, 2.75) is 115 Å². The minimum absolute atomic E-state index is 0.138. The maximum Gasteiger partial charge on any atom is 0.426 e. The number of ether oxygens (including phenoxy) is 1. The smallest absolute Gasteiger partial charge is 0.426 e. The summed E-state index contributed by atoms with van der Waals surface area (Å²) >= 11 is 0. The topological polar surface area (TPSA) is 121 Å². The quantitative estimate of drug-likeness (QED) is 0.338. The van der Waals surface area contributed by atoms with Gasteiger partial charge in [0.05, 0.1) is 0 Å². The molecule has 0 aromatic heterocycles. The lowest BCUT2D eigenvalue weighted by atomic mass is 9.79. The van der Waals surface area contributed by atoms with Gasteiger partial charge in [0, 0.05) is 41.0 Å². The number of hydrogen-bond donors (Lipinski definition) is 5. The highest BCUT2D eigenvalue weighted by molar-refractivity contribution is 6.35. The highest BCUT2D eigenvalue weighted by Crippen LogP contribution is 2.30. The van der Waals surface area contributed by atoms with Crippen molar-refractivity contribution >= 4 is 17.9 Å². The fourth-order valence-electron chi connectivity index (χ4n) is 5.33. The fraction of sp³-hybridized carbons (Fsp3) is 0.857. The summed E-state index contributed by atoms with van der Waals surface area (Å²) in [4.78, 5) is 36.5. The Balaban J connectivity index is 1.81. The van der Waals surface area contributed by atoms with Crippen molar-refractivity contribution in [2.24, 2.45) is 0 Å². The summed E-state index contributed by atoms with van der Waals surface area (Å²) < 4.78 is 5.45. The molecule has 0 unspecified atom stereocenters. The van der Waals surface area contributed by atoms with E-state index in [-0.39, 0.29) is 34.3 Å². The number of carbonyl (C=O) groups excluding carboxylic acids is 3. The standard InChI is InChI=1S/C21H39N5O4/c1-18(2)9-13(10-19(3,4)25-18)22-15(27)16(28)23-24-17(29)30-14-11-20(5,6)26-21(7,8)12-14/h13-14,25-26H,9-12H2,1-8H3,(H,22,27)(H,23,28)(H,24,29). The molecule has 2 saturated heterocycles. The van der Waals surface area contributed by atoms with Gasteiger partial charge in [-0.3, -0.25) is 15.0 Å². The zero-order chi connectivity index (χ0) is 23.0. The Kier molecular flexibility index (Phi) is 6.78. The van der Waals surface area contributed by atoms with E-state index in [4.69, 9.17) is 4.74 Å². The van der Waals surface area contributed by atoms with E-state index in [1.54, 1.807) is 0 Å². The van der Waals surface area contributed by atoms with Crippen molar-refractivity contribution in [3.05, 3.63) is 0 Å². The molecule has 0 aromatic rings. The van der Waals surface area contributed by atoms with Crippen molar-refractivity contribution in [2.75, 3.05) is 0 Å². The molecule has 0 bridgehead atoms. The molecule has 0 aliphatic carbocycles. The predicted octanol–water partition coefficient (Wildman–Crippen LogP) is 1.48. The summed E-state index contributed by atoms with van der Waals surface area (Å²) in [5.74, 6) is -1.70. The molecule has 0 atom stereocenters. The Bertz CT molecular complexity index is 655. The van der Waals surface area contributed by atoms with Crippen LogP contribution in [0.2, 0.25) is 0 Å². The summed E-state index contributed by atoms with van der Waals surface area (Å²) in [5, 5.41) is 9.80. The molecule has 2 aliphatic rings. The maximum absolute atomic E-state index is 12.3. The number of rotatable bonds is 2. The molecule has 172 valence electrons. The molecule has 0 saturated carbocycles. The molecule has 2 aliphatic heterocycles. The minimum atomic E-state index is -0.924. The first kappa shape index (κ1) is 24.4. The zero-order valence-electron chi connectivity index (χ0n) is 19.6. The molecule has 9 nitrogen and oxygen atoms in total. The third kappa shape index (κ3) is 7.43. The van der Waals surface area contributed by atoms with Gasteiger partial charge in [0.15, 0.2) is 0 Å². The maximum atomic E-state index is 12.3. The molecule has 9 heteroatoms. The van der Waals surface area contributed by atoms with Crippen LogP contribution in [-0.4, -0.2) is 52.2 Å². The van der Waals surface area contributed by atoms with Gasteiger partial charge >= 0.3 is 17.9 Å². The normalized spacial score (nSPS) is 25.1. The molecular formula is C21H39N5O4. The summed E-state index contributed by atoms with van der Waals surface area (Å²) in [6.45, 7) is 16.5. The van der Waals surface area contributed by atoms with Crippen LogP contribution in [-0.2, 0) is 14.3 Å².